The number of hydrogen-bond donors (Lipinski definition) is 4. The molecule has 24 heavy (non-hydrogen) atoms. The van der Waals surface area contributed by atoms with Crippen LogP contribution in [-0.2, 0) is 24.4 Å². The van der Waals surface area contributed by atoms with Gasteiger partial charge in [0.1, 0.15) is 0 Å². The summed E-state index contributed by atoms with van der Waals surface area (Å²) in [5.41, 5.74) is 1.98. The highest BCUT2D eigenvalue weighted by molar-refractivity contribution is 7.92. The molecule has 0 bridgehead atoms. The molecule has 0 saturated carbocycles. The molecule has 1 unspecified atom stereocenters. The van der Waals surface area contributed by atoms with Crippen molar-refractivity contribution in [3.8, 4) is 0 Å². The van der Waals surface area contributed by atoms with Gasteiger partial charge in [-0.2, -0.15) is 4.94 Å². The van der Waals surface area contributed by atoms with Crippen LogP contribution in [0.25, 0.3) is 0 Å². The zero-order chi connectivity index (χ0) is 17.9. The SMILES string of the molecule is O=C(O)C[C@H](N=C1NON(O)C1S(=O)(=O)c1ccccc1)C(=O)O. The van der Waals surface area contributed by atoms with Crippen molar-refractivity contribution in [1.82, 2.24) is 10.7 Å². The minimum atomic E-state index is -4.22. The second kappa shape index (κ2) is 6.92. The van der Waals surface area contributed by atoms with Crippen LogP contribution >= 0.6 is 0 Å². The molecule has 0 amide bonds. The van der Waals surface area contributed by atoms with E-state index >= 15 is 0 Å². The number of nitrogens with one attached hydrogen (secondary N) is 1. The summed E-state index contributed by atoms with van der Waals surface area (Å²) in [5.74, 6) is -3.55. The van der Waals surface area contributed by atoms with Gasteiger partial charge in [-0.25, -0.2) is 18.7 Å². The first kappa shape index (κ1) is 17.8. The summed E-state index contributed by atoms with van der Waals surface area (Å²) >= 11 is 0. The number of nitrogens with zero attached hydrogens (tertiary/aromatic N) is 2. The third-order valence-electron chi connectivity index (χ3n) is 2.99. The predicted molar refractivity (Wildman–Crippen MR) is 76.4 cm³/mol. The second-order valence-corrected chi connectivity index (χ2v) is 6.68. The second-order valence-electron chi connectivity index (χ2n) is 4.67. The van der Waals surface area contributed by atoms with Crippen molar-refractivity contribution < 1.29 is 38.4 Å². The molecular formula is C12H13N3O8S. The van der Waals surface area contributed by atoms with E-state index < -0.39 is 45.4 Å². The third kappa shape index (κ3) is 3.68. The smallest absolute Gasteiger partial charge is 0.329 e. The highest BCUT2D eigenvalue weighted by Gasteiger charge is 2.44. The lowest BCUT2D eigenvalue weighted by Gasteiger charge is -2.15. The third-order valence-corrected chi connectivity index (χ3v) is 4.91. The maximum atomic E-state index is 12.6. The van der Waals surface area contributed by atoms with Crippen molar-refractivity contribution in [3.63, 3.8) is 0 Å². The van der Waals surface area contributed by atoms with Crippen LogP contribution in [0.5, 0.6) is 0 Å². The van der Waals surface area contributed by atoms with E-state index in [4.69, 9.17) is 10.2 Å². The van der Waals surface area contributed by atoms with Crippen LogP contribution < -0.4 is 5.48 Å². The summed E-state index contributed by atoms with van der Waals surface area (Å²) in [6.45, 7) is 0. The Labute approximate surface area is 135 Å². The topological polar surface area (TPSA) is 166 Å². The van der Waals surface area contributed by atoms with Crippen LogP contribution in [-0.4, -0.2) is 58.3 Å². The lowest BCUT2D eigenvalue weighted by atomic mass is 10.2. The molecule has 2 atom stereocenters. The fraction of sp³-hybridized carbons (Fsp3) is 0.250. The van der Waals surface area contributed by atoms with Crippen molar-refractivity contribution >= 4 is 27.6 Å². The molecule has 1 aromatic carbocycles. The van der Waals surface area contributed by atoms with Gasteiger partial charge in [0.25, 0.3) is 0 Å². The molecule has 1 heterocycles. The highest BCUT2D eigenvalue weighted by Crippen LogP contribution is 2.22. The molecule has 0 spiro atoms. The lowest BCUT2D eigenvalue weighted by molar-refractivity contribution is -0.338. The number of carbonyl (C=O) groups is 2. The molecule has 4 N–H and O–H groups in total. The Kier molecular flexibility index (Phi) is 5.14. The number of amidine groups is 1. The largest absolute Gasteiger partial charge is 0.481 e. The number of carboxylic acids is 2. The van der Waals surface area contributed by atoms with E-state index in [1.165, 1.54) is 24.3 Å². The molecule has 130 valence electrons. The normalized spacial score (nSPS) is 21.4. The molecule has 0 aliphatic carbocycles. The summed E-state index contributed by atoms with van der Waals surface area (Å²) < 4.78 is 25.1. The van der Waals surface area contributed by atoms with Crippen LogP contribution in [0.4, 0.5) is 0 Å². The van der Waals surface area contributed by atoms with Gasteiger partial charge in [-0.1, -0.05) is 18.2 Å². The van der Waals surface area contributed by atoms with Crippen molar-refractivity contribution in [2.24, 2.45) is 4.99 Å². The van der Waals surface area contributed by atoms with Gasteiger partial charge in [-0.05, 0) is 17.4 Å². The van der Waals surface area contributed by atoms with Gasteiger partial charge in [0.05, 0.1) is 11.3 Å². The average Bonchev–Trinajstić information content (AvgIpc) is 2.88. The first-order valence-electron chi connectivity index (χ1n) is 6.46. The fourth-order valence-corrected chi connectivity index (χ4v) is 3.39. The molecule has 1 aliphatic rings. The van der Waals surface area contributed by atoms with E-state index in [-0.39, 0.29) is 10.1 Å². The summed E-state index contributed by atoms with van der Waals surface area (Å²) in [5, 5.41) is 25.4. The molecule has 0 aromatic heterocycles. The fourth-order valence-electron chi connectivity index (χ4n) is 1.91. The lowest BCUT2D eigenvalue weighted by Crippen LogP contribution is -2.39. The van der Waals surface area contributed by atoms with E-state index in [1.54, 1.807) is 6.07 Å². The quantitative estimate of drug-likeness (QED) is 0.507. The number of aliphatic imine (C=N–C) groups is 1. The summed E-state index contributed by atoms with van der Waals surface area (Å²) in [6, 6.07) is 5.28. The summed E-state index contributed by atoms with van der Waals surface area (Å²) in [6.07, 6.45) is -0.871. The average molecular weight is 359 g/mol. The molecule has 1 aliphatic heterocycles. The Bertz CT molecular complexity index is 764. The van der Waals surface area contributed by atoms with Crippen molar-refractivity contribution in [2.75, 3.05) is 0 Å². The Hall–Kier alpha value is -2.54. The highest BCUT2D eigenvalue weighted by atomic mass is 32.2. The zero-order valence-electron chi connectivity index (χ0n) is 11.9. The van der Waals surface area contributed by atoms with Gasteiger partial charge >= 0.3 is 11.9 Å². The Morgan fingerprint density at radius 2 is 1.92 bits per heavy atom. The molecular weight excluding hydrogens is 346 g/mol. The van der Waals surface area contributed by atoms with E-state index in [0.717, 1.165) is 0 Å². The summed E-state index contributed by atoms with van der Waals surface area (Å²) in [4.78, 5) is 29.6. The Morgan fingerprint density at radius 1 is 1.29 bits per heavy atom. The van der Waals surface area contributed by atoms with E-state index in [1.807, 2.05) is 5.48 Å². The molecule has 2 rings (SSSR count). The number of hydrogen-bond acceptors (Lipinski definition) is 8. The first-order valence-corrected chi connectivity index (χ1v) is 8.00. The van der Waals surface area contributed by atoms with Crippen molar-refractivity contribution in [1.29, 1.82) is 0 Å². The minimum Gasteiger partial charge on any atom is -0.481 e. The molecule has 11 nitrogen and oxygen atoms in total. The molecule has 0 radical (unpaired) electrons. The maximum absolute atomic E-state index is 12.6. The van der Waals surface area contributed by atoms with Crippen LogP contribution in [0.1, 0.15) is 6.42 Å². The van der Waals surface area contributed by atoms with Crippen molar-refractivity contribution in [2.45, 2.75) is 22.7 Å². The van der Waals surface area contributed by atoms with E-state index in [2.05, 4.69) is 9.93 Å². The van der Waals surface area contributed by atoms with Crippen molar-refractivity contribution in [3.05, 3.63) is 30.3 Å². The zero-order valence-corrected chi connectivity index (χ0v) is 12.8. The Morgan fingerprint density at radius 3 is 2.46 bits per heavy atom. The number of sulfone groups is 1. The van der Waals surface area contributed by atoms with Crippen LogP contribution in [0.2, 0.25) is 0 Å². The number of hydroxylamine groups is 3. The standard InChI is InChI=1S/C12H13N3O8S/c16-9(17)6-8(12(18)19)13-10-11(15(20)23-14-10)24(21,22)7-4-2-1-3-5-7/h1-5,8,11,20H,6H2,(H,13,14)(H,16,17)(H,18,19)/t8-,11?/m0/s1. The summed E-state index contributed by atoms with van der Waals surface area (Å²) in [7, 11) is -4.22. The number of carboxylic acid groups (broad SMARTS) is 2. The predicted octanol–water partition coefficient (Wildman–Crippen LogP) is -0.746. The van der Waals surface area contributed by atoms with Gasteiger partial charge in [-0.3, -0.25) is 15.0 Å². The molecule has 1 aromatic rings. The van der Waals surface area contributed by atoms with Gasteiger partial charge < -0.3 is 10.2 Å². The van der Waals surface area contributed by atoms with Gasteiger partial charge in [0.15, 0.2) is 11.9 Å². The van der Waals surface area contributed by atoms with Gasteiger partial charge in [-0.15, -0.1) is 0 Å². The monoisotopic (exact) mass is 359 g/mol. The van der Waals surface area contributed by atoms with Crippen LogP contribution in [0.3, 0.4) is 0 Å². The number of benzene rings is 1. The van der Waals surface area contributed by atoms with E-state index in [0.29, 0.717) is 0 Å². The molecule has 1 saturated heterocycles. The number of rotatable bonds is 6. The maximum Gasteiger partial charge on any atom is 0.329 e. The van der Waals surface area contributed by atoms with Gasteiger partial charge in [0.2, 0.25) is 15.2 Å². The number of aliphatic carboxylic acids is 2. The van der Waals surface area contributed by atoms with Crippen LogP contribution in [0, 0.1) is 0 Å². The van der Waals surface area contributed by atoms with Crippen LogP contribution in [0.15, 0.2) is 40.2 Å². The first-order chi connectivity index (χ1) is 11.2. The Balaban J connectivity index is 2.42. The minimum absolute atomic E-state index is 0.0408. The van der Waals surface area contributed by atoms with E-state index in [9.17, 15) is 23.2 Å². The molecule has 12 heteroatoms. The van der Waals surface area contributed by atoms with Gasteiger partial charge in [0, 0.05) is 0 Å². The molecule has 1 fully saturated rings.